The van der Waals surface area contributed by atoms with Gasteiger partial charge in [0.15, 0.2) is 6.29 Å². The van der Waals surface area contributed by atoms with Crippen LogP contribution in [0.4, 0.5) is 5.88 Å². The van der Waals surface area contributed by atoms with Crippen LogP contribution in [0.3, 0.4) is 0 Å². The fourth-order valence-corrected chi connectivity index (χ4v) is 2.36. The lowest BCUT2D eigenvalue weighted by Crippen LogP contribution is -2.27. The minimum absolute atomic E-state index is 0.0214. The van der Waals surface area contributed by atoms with Gasteiger partial charge in [-0.2, -0.15) is 0 Å². The van der Waals surface area contributed by atoms with Crippen LogP contribution in [0.1, 0.15) is 37.8 Å². The molecular formula is C13H20N2O3. The van der Waals surface area contributed by atoms with Gasteiger partial charge in [0.1, 0.15) is 0 Å². The van der Waals surface area contributed by atoms with Crippen molar-refractivity contribution in [3.05, 3.63) is 11.8 Å². The molecule has 3 rings (SSSR count). The van der Waals surface area contributed by atoms with Crippen LogP contribution in [0.25, 0.3) is 0 Å². The maximum Gasteiger partial charge on any atom is 0.224 e. The van der Waals surface area contributed by atoms with Gasteiger partial charge in [-0.1, -0.05) is 5.16 Å². The summed E-state index contributed by atoms with van der Waals surface area (Å²) in [6.45, 7) is 1.51. The maximum absolute atomic E-state index is 5.88. The van der Waals surface area contributed by atoms with Crippen molar-refractivity contribution in [1.82, 2.24) is 5.16 Å². The Balaban J connectivity index is 1.57. The van der Waals surface area contributed by atoms with Crippen molar-refractivity contribution in [1.29, 1.82) is 0 Å². The number of aromatic nitrogens is 1. The Bertz CT molecular complexity index is 395. The van der Waals surface area contributed by atoms with Crippen molar-refractivity contribution >= 4 is 5.88 Å². The Kier molecular flexibility index (Phi) is 3.26. The number of hydrogen-bond acceptors (Lipinski definition) is 5. The molecule has 2 fully saturated rings. The molecule has 18 heavy (non-hydrogen) atoms. The summed E-state index contributed by atoms with van der Waals surface area (Å²) in [6.07, 6.45) is 5.58. The van der Waals surface area contributed by atoms with E-state index in [1.54, 1.807) is 0 Å². The number of nitrogens with one attached hydrogen (secondary N) is 1. The molecule has 5 nitrogen and oxygen atoms in total. The topological polar surface area (TPSA) is 56.5 Å². The Morgan fingerprint density at radius 2 is 2.39 bits per heavy atom. The van der Waals surface area contributed by atoms with E-state index in [4.69, 9.17) is 14.0 Å². The van der Waals surface area contributed by atoms with E-state index >= 15 is 0 Å². The molecule has 2 aliphatic rings. The maximum atomic E-state index is 5.88. The van der Waals surface area contributed by atoms with Crippen LogP contribution in [0.5, 0.6) is 0 Å². The van der Waals surface area contributed by atoms with Crippen molar-refractivity contribution in [2.24, 2.45) is 0 Å². The van der Waals surface area contributed by atoms with Gasteiger partial charge in [0.25, 0.3) is 0 Å². The molecule has 0 bridgehead atoms. The predicted octanol–water partition coefficient (Wildman–Crippen LogP) is 2.29. The largest absolute Gasteiger partial charge is 0.357 e. The Morgan fingerprint density at radius 1 is 1.50 bits per heavy atom. The van der Waals surface area contributed by atoms with Gasteiger partial charge >= 0.3 is 0 Å². The molecule has 1 saturated carbocycles. The van der Waals surface area contributed by atoms with E-state index in [2.05, 4.69) is 10.5 Å². The second kappa shape index (κ2) is 4.90. The quantitative estimate of drug-likeness (QED) is 0.871. The van der Waals surface area contributed by atoms with Crippen LogP contribution in [-0.4, -0.2) is 31.7 Å². The number of rotatable bonds is 5. The molecule has 5 heteroatoms. The number of hydrogen-bond donors (Lipinski definition) is 1. The van der Waals surface area contributed by atoms with E-state index in [1.807, 2.05) is 13.1 Å². The summed E-state index contributed by atoms with van der Waals surface area (Å²) in [6, 6.07) is 1.97. The summed E-state index contributed by atoms with van der Waals surface area (Å²) in [4.78, 5) is 0. The fourth-order valence-electron chi connectivity index (χ4n) is 2.36. The molecule has 0 spiro atoms. The first kappa shape index (κ1) is 12.0. The summed E-state index contributed by atoms with van der Waals surface area (Å²) in [5.41, 5.74) is 1.07. The van der Waals surface area contributed by atoms with E-state index in [9.17, 15) is 0 Å². The summed E-state index contributed by atoms with van der Waals surface area (Å²) in [7, 11) is 1.83. The first-order valence-electron chi connectivity index (χ1n) is 6.71. The normalized spacial score (nSPS) is 25.9. The molecule has 100 valence electrons. The van der Waals surface area contributed by atoms with Crippen molar-refractivity contribution < 1.29 is 14.0 Å². The molecule has 2 heterocycles. The molecule has 1 aromatic heterocycles. The molecule has 0 aromatic carbocycles. The lowest BCUT2D eigenvalue weighted by Gasteiger charge is -2.24. The molecule has 1 saturated heterocycles. The third-order valence-electron chi connectivity index (χ3n) is 3.84. The minimum atomic E-state index is -0.0214. The van der Waals surface area contributed by atoms with Crippen LogP contribution in [-0.2, 0) is 14.9 Å². The van der Waals surface area contributed by atoms with Crippen LogP contribution < -0.4 is 5.32 Å². The highest BCUT2D eigenvalue weighted by molar-refractivity contribution is 5.36. The average molecular weight is 252 g/mol. The summed E-state index contributed by atoms with van der Waals surface area (Å²) < 4.78 is 16.7. The van der Waals surface area contributed by atoms with Gasteiger partial charge in [-0.15, -0.1) is 0 Å². The van der Waals surface area contributed by atoms with Gasteiger partial charge in [-0.3, -0.25) is 0 Å². The minimum Gasteiger partial charge on any atom is -0.357 e. The first-order valence-corrected chi connectivity index (χ1v) is 6.71. The van der Waals surface area contributed by atoms with Crippen LogP contribution in [0.2, 0.25) is 0 Å². The van der Waals surface area contributed by atoms with Crippen molar-refractivity contribution in [3.63, 3.8) is 0 Å². The van der Waals surface area contributed by atoms with Gasteiger partial charge < -0.3 is 19.3 Å². The number of nitrogens with zero attached hydrogens (tertiary/aromatic N) is 1. The lowest BCUT2D eigenvalue weighted by atomic mass is 10.0. The SMILES string of the molecule is CNc1cc(C2(COC3CCCCO3)CC2)no1. The van der Waals surface area contributed by atoms with Crippen molar-refractivity contribution in [2.45, 2.75) is 43.8 Å². The molecule has 1 atom stereocenters. The standard InChI is InChI=1S/C13H20N2O3/c1-14-11-8-10(15-18-11)13(5-6-13)9-17-12-4-2-3-7-16-12/h8,12,14H,2-7,9H2,1H3. The van der Waals surface area contributed by atoms with Crippen molar-refractivity contribution in [2.75, 3.05) is 25.6 Å². The zero-order chi connectivity index (χ0) is 12.4. The third-order valence-corrected chi connectivity index (χ3v) is 3.84. The van der Waals surface area contributed by atoms with Gasteiger partial charge in [-0.25, -0.2) is 0 Å². The van der Waals surface area contributed by atoms with Gasteiger partial charge in [0.05, 0.1) is 12.3 Å². The molecule has 1 aliphatic carbocycles. The zero-order valence-electron chi connectivity index (χ0n) is 10.8. The molecule has 1 unspecified atom stereocenters. The first-order chi connectivity index (χ1) is 8.82. The Morgan fingerprint density at radius 3 is 3.00 bits per heavy atom. The van der Waals surface area contributed by atoms with Gasteiger partial charge in [-0.05, 0) is 32.1 Å². The predicted molar refractivity (Wildman–Crippen MR) is 66.5 cm³/mol. The summed E-state index contributed by atoms with van der Waals surface area (Å²) in [5, 5.41) is 7.08. The Labute approximate surface area is 107 Å². The summed E-state index contributed by atoms with van der Waals surface area (Å²) in [5.74, 6) is 0.713. The van der Waals surface area contributed by atoms with Gasteiger partial charge in [0.2, 0.25) is 5.88 Å². The van der Waals surface area contributed by atoms with Gasteiger partial charge in [0, 0.05) is 25.1 Å². The van der Waals surface area contributed by atoms with Crippen LogP contribution in [0, 0.1) is 0 Å². The highest BCUT2D eigenvalue weighted by atomic mass is 16.7. The van der Waals surface area contributed by atoms with Crippen LogP contribution in [0.15, 0.2) is 10.6 Å². The molecule has 1 aromatic rings. The number of ether oxygens (including phenoxy) is 2. The highest BCUT2D eigenvalue weighted by Crippen LogP contribution is 2.48. The molecular weight excluding hydrogens is 232 g/mol. The van der Waals surface area contributed by atoms with Crippen LogP contribution >= 0.6 is 0 Å². The molecule has 0 amide bonds. The zero-order valence-corrected chi connectivity index (χ0v) is 10.8. The monoisotopic (exact) mass is 252 g/mol. The van der Waals surface area contributed by atoms with E-state index in [-0.39, 0.29) is 11.7 Å². The Hall–Kier alpha value is -1.07. The molecule has 0 radical (unpaired) electrons. The summed E-state index contributed by atoms with van der Waals surface area (Å²) >= 11 is 0. The lowest BCUT2D eigenvalue weighted by molar-refractivity contribution is -0.166. The van der Waals surface area contributed by atoms with E-state index in [0.717, 1.165) is 38.0 Å². The van der Waals surface area contributed by atoms with E-state index in [1.165, 1.54) is 6.42 Å². The molecule has 1 N–H and O–H groups in total. The second-order valence-electron chi connectivity index (χ2n) is 5.21. The second-order valence-corrected chi connectivity index (χ2v) is 5.21. The smallest absolute Gasteiger partial charge is 0.224 e. The average Bonchev–Trinajstić information content (AvgIpc) is 3.06. The fraction of sp³-hybridized carbons (Fsp3) is 0.769. The molecule has 1 aliphatic heterocycles. The number of anilines is 1. The highest BCUT2D eigenvalue weighted by Gasteiger charge is 2.47. The van der Waals surface area contributed by atoms with E-state index < -0.39 is 0 Å². The van der Waals surface area contributed by atoms with Crippen molar-refractivity contribution in [3.8, 4) is 0 Å². The third kappa shape index (κ3) is 2.37. The van der Waals surface area contributed by atoms with E-state index in [0.29, 0.717) is 12.5 Å².